The molecule has 2 unspecified atom stereocenters. The van der Waals surface area contributed by atoms with Crippen LogP contribution < -0.4 is 5.32 Å². The molecule has 0 aromatic heterocycles. The van der Waals surface area contributed by atoms with Crippen LogP contribution >= 0.6 is 0 Å². The lowest BCUT2D eigenvalue weighted by molar-refractivity contribution is -0.142. The van der Waals surface area contributed by atoms with E-state index in [1.54, 1.807) is 0 Å². The van der Waals surface area contributed by atoms with Crippen molar-refractivity contribution in [1.29, 1.82) is 0 Å². The van der Waals surface area contributed by atoms with Crippen LogP contribution in [0.15, 0.2) is 0 Å². The second kappa shape index (κ2) is 4.27. The van der Waals surface area contributed by atoms with E-state index in [0.717, 1.165) is 0 Å². The Kier molecular flexibility index (Phi) is 3.49. The summed E-state index contributed by atoms with van der Waals surface area (Å²) in [6.45, 7) is 2.15. The van der Waals surface area contributed by atoms with E-state index < -0.39 is 21.8 Å². The molecule has 0 aromatic carbocycles. The average molecular weight is 221 g/mol. The molecule has 14 heavy (non-hydrogen) atoms. The van der Waals surface area contributed by atoms with Crippen molar-refractivity contribution in [3.8, 4) is 0 Å². The molecule has 0 aliphatic carbocycles. The van der Waals surface area contributed by atoms with E-state index in [1.165, 1.54) is 7.11 Å². The highest BCUT2D eigenvalue weighted by molar-refractivity contribution is 7.92. The summed E-state index contributed by atoms with van der Waals surface area (Å²) in [4.78, 5) is 11.1. The molecule has 0 radical (unpaired) electrons. The van der Waals surface area contributed by atoms with Gasteiger partial charge in [-0.25, -0.2) is 8.42 Å². The minimum absolute atomic E-state index is 0.155. The molecule has 82 valence electrons. The highest BCUT2D eigenvalue weighted by Gasteiger charge is 2.36. The minimum atomic E-state index is -3.14. The Bertz CT molecular complexity index is 311. The van der Waals surface area contributed by atoms with Crippen molar-refractivity contribution in [2.24, 2.45) is 0 Å². The van der Waals surface area contributed by atoms with Gasteiger partial charge >= 0.3 is 5.97 Å². The van der Waals surface area contributed by atoms with Gasteiger partial charge in [-0.15, -0.1) is 0 Å². The number of carbonyl (C=O) groups excluding carboxylic acids is 1. The molecule has 1 saturated heterocycles. The van der Waals surface area contributed by atoms with E-state index in [0.29, 0.717) is 13.0 Å². The lowest BCUT2D eigenvalue weighted by Crippen LogP contribution is -2.54. The van der Waals surface area contributed by atoms with Crippen LogP contribution in [-0.2, 0) is 19.4 Å². The number of ether oxygens (including phenoxy) is 1. The molecule has 1 N–H and O–H groups in total. The zero-order chi connectivity index (χ0) is 10.8. The summed E-state index contributed by atoms with van der Waals surface area (Å²) in [6, 6.07) is -0.701. The molecule has 6 heteroatoms. The van der Waals surface area contributed by atoms with Crippen LogP contribution in [0.3, 0.4) is 0 Å². The first-order valence-corrected chi connectivity index (χ1v) is 6.25. The van der Waals surface area contributed by atoms with Gasteiger partial charge in [-0.05, 0) is 6.42 Å². The summed E-state index contributed by atoms with van der Waals surface area (Å²) in [6.07, 6.45) is 0.573. The first kappa shape index (κ1) is 11.5. The summed E-state index contributed by atoms with van der Waals surface area (Å²) >= 11 is 0. The Labute approximate surface area is 83.7 Å². The molecule has 0 spiro atoms. The molecule has 5 nitrogen and oxygen atoms in total. The normalized spacial score (nSPS) is 31.0. The van der Waals surface area contributed by atoms with Crippen molar-refractivity contribution in [1.82, 2.24) is 5.32 Å². The quantitative estimate of drug-likeness (QED) is 0.626. The van der Waals surface area contributed by atoms with Crippen molar-refractivity contribution < 1.29 is 17.9 Å². The maximum atomic E-state index is 11.6. The Morgan fingerprint density at radius 2 is 2.21 bits per heavy atom. The Morgan fingerprint density at radius 3 is 2.64 bits per heavy atom. The van der Waals surface area contributed by atoms with E-state index in [4.69, 9.17) is 0 Å². The predicted molar refractivity (Wildman–Crippen MR) is 51.7 cm³/mol. The Balaban J connectivity index is 2.73. The van der Waals surface area contributed by atoms with Gasteiger partial charge in [0, 0.05) is 6.54 Å². The predicted octanol–water partition coefficient (Wildman–Crippen LogP) is -0.675. The number of carbonyl (C=O) groups is 1. The number of nitrogens with one attached hydrogen (secondary N) is 1. The zero-order valence-electron chi connectivity index (χ0n) is 8.32. The lowest BCUT2D eigenvalue weighted by atomic mass is 10.2. The van der Waals surface area contributed by atoms with Crippen LogP contribution in [0.2, 0.25) is 0 Å². The van der Waals surface area contributed by atoms with Crippen LogP contribution in [0.1, 0.15) is 13.3 Å². The fourth-order valence-corrected chi connectivity index (χ4v) is 3.37. The Hall–Kier alpha value is -0.620. The van der Waals surface area contributed by atoms with Crippen LogP contribution in [0.4, 0.5) is 0 Å². The van der Waals surface area contributed by atoms with Gasteiger partial charge in [-0.1, -0.05) is 6.92 Å². The summed E-state index contributed by atoms with van der Waals surface area (Å²) in [5, 5.41) is 2.50. The van der Waals surface area contributed by atoms with Gasteiger partial charge in [0.15, 0.2) is 9.84 Å². The number of hydrogen-bond acceptors (Lipinski definition) is 5. The SMILES string of the molecule is CCC1CNC(C(=O)OC)CS1(=O)=O. The largest absolute Gasteiger partial charge is 0.468 e. The van der Waals surface area contributed by atoms with Gasteiger partial charge < -0.3 is 10.1 Å². The smallest absolute Gasteiger partial charge is 0.323 e. The monoisotopic (exact) mass is 221 g/mol. The molecule has 1 aliphatic rings. The second-order valence-electron chi connectivity index (χ2n) is 3.34. The molecule has 1 heterocycles. The van der Waals surface area contributed by atoms with E-state index in [2.05, 4.69) is 10.1 Å². The zero-order valence-corrected chi connectivity index (χ0v) is 9.13. The van der Waals surface area contributed by atoms with E-state index in [-0.39, 0.29) is 11.0 Å². The summed E-state index contributed by atoms with van der Waals surface area (Å²) in [5.74, 6) is -0.666. The maximum Gasteiger partial charge on any atom is 0.323 e. The number of hydrogen-bond donors (Lipinski definition) is 1. The van der Waals surface area contributed by atoms with Crippen molar-refractivity contribution in [3.05, 3.63) is 0 Å². The average Bonchev–Trinajstić information content (AvgIpc) is 2.15. The van der Waals surface area contributed by atoms with Crippen molar-refractivity contribution in [2.45, 2.75) is 24.6 Å². The highest BCUT2D eigenvalue weighted by atomic mass is 32.2. The van der Waals surface area contributed by atoms with Gasteiger partial charge in [-0.2, -0.15) is 0 Å². The number of rotatable bonds is 2. The van der Waals surface area contributed by atoms with Crippen LogP contribution in [-0.4, -0.2) is 45.1 Å². The fraction of sp³-hybridized carbons (Fsp3) is 0.875. The van der Waals surface area contributed by atoms with Gasteiger partial charge in [-0.3, -0.25) is 4.79 Å². The third kappa shape index (κ3) is 2.24. The lowest BCUT2D eigenvalue weighted by Gasteiger charge is -2.27. The van der Waals surface area contributed by atoms with E-state index in [1.807, 2.05) is 6.92 Å². The van der Waals surface area contributed by atoms with E-state index in [9.17, 15) is 13.2 Å². The molecule has 1 aliphatic heterocycles. The van der Waals surface area contributed by atoms with Crippen LogP contribution in [0, 0.1) is 0 Å². The molecule has 1 rings (SSSR count). The number of methoxy groups -OCH3 is 1. The van der Waals surface area contributed by atoms with Gasteiger partial charge in [0.25, 0.3) is 0 Å². The van der Waals surface area contributed by atoms with Gasteiger partial charge in [0.1, 0.15) is 6.04 Å². The molecule has 0 saturated carbocycles. The summed E-state index contributed by atoms with van der Waals surface area (Å²) in [5.41, 5.74) is 0. The number of sulfone groups is 1. The third-order valence-electron chi connectivity index (χ3n) is 2.44. The van der Waals surface area contributed by atoms with Crippen molar-refractivity contribution in [2.75, 3.05) is 19.4 Å². The topological polar surface area (TPSA) is 72.5 Å². The standard InChI is InChI=1S/C8H15NO4S/c1-3-6-4-9-7(8(10)13-2)5-14(6,11)12/h6-7,9H,3-5H2,1-2H3. The first-order chi connectivity index (χ1) is 6.51. The third-order valence-corrected chi connectivity index (χ3v) is 4.75. The Morgan fingerprint density at radius 1 is 1.57 bits per heavy atom. The maximum absolute atomic E-state index is 11.6. The van der Waals surface area contributed by atoms with E-state index >= 15 is 0 Å². The molecule has 0 amide bonds. The highest BCUT2D eigenvalue weighted by Crippen LogP contribution is 2.13. The fourth-order valence-electron chi connectivity index (χ4n) is 1.52. The molecular formula is C8H15NO4S. The molecular weight excluding hydrogens is 206 g/mol. The second-order valence-corrected chi connectivity index (χ2v) is 5.67. The molecule has 0 bridgehead atoms. The van der Waals surface area contributed by atoms with Gasteiger partial charge in [0.05, 0.1) is 18.1 Å². The van der Waals surface area contributed by atoms with Crippen LogP contribution in [0.25, 0.3) is 0 Å². The first-order valence-electron chi connectivity index (χ1n) is 4.54. The van der Waals surface area contributed by atoms with Crippen molar-refractivity contribution in [3.63, 3.8) is 0 Å². The molecule has 2 atom stereocenters. The molecule has 1 fully saturated rings. The summed E-state index contributed by atoms with van der Waals surface area (Å²) < 4.78 is 27.7. The van der Waals surface area contributed by atoms with Crippen molar-refractivity contribution >= 4 is 15.8 Å². The van der Waals surface area contributed by atoms with Gasteiger partial charge in [0.2, 0.25) is 0 Å². The summed E-state index contributed by atoms with van der Waals surface area (Å²) in [7, 11) is -1.89. The minimum Gasteiger partial charge on any atom is -0.468 e. The van der Waals surface area contributed by atoms with Crippen LogP contribution in [0.5, 0.6) is 0 Å². The number of esters is 1. The molecule has 0 aromatic rings.